The molecule has 5 rings (SSSR count). The first-order valence-corrected chi connectivity index (χ1v) is 10.8. The van der Waals surface area contributed by atoms with Crippen LogP contribution in [0.25, 0.3) is 33.9 Å². The van der Waals surface area contributed by atoms with Crippen LogP contribution in [0.2, 0.25) is 0 Å². The van der Waals surface area contributed by atoms with Crippen molar-refractivity contribution < 1.29 is 0 Å². The standard InChI is InChI=1S/C26H25N5O2/c1-16(2)14-30-24(32)22-23(28(5)26(30)33)27-25-29(22)15-21(19-9-7-6-8-10-19)31(25)20-12-11-17(3)13-18(20)4/h6-13,15H,1,14H2,2-5H3. The van der Waals surface area contributed by atoms with Crippen molar-refractivity contribution in [3.05, 3.63) is 98.8 Å². The van der Waals surface area contributed by atoms with E-state index in [0.717, 1.165) is 28.1 Å². The van der Waals surface area contributed by atoms with E-state index in [1.54, 1.807) is 18.4 Å². The molecular weight excluding hydrogens is 414 g/mol. The van der Waals surface area contributed by atoms with Crippen LogP contribution in [0.4, 0.5) is 0 Å². The molecule has 3 aromatic heterocycles. The maximum Gasteiger partial charge on any atom is 0.332 e. The molecule has 3 heterocycles. The highest BCUT2D eigenvalue weighted by molar-refractivity contribution is 5.79. The maximum absolute atomic E-state index is 13.5. The van der Waals surface area contributed by atoms with E-state index in [2.05, 4.69) is 43.2 Å². The second-order valence-electron chi connectivity index (χ2n) is 8.65. The van der Waals surface area contributed by atoms with Crippen molar-refractivity contribution in [2.24, 2.45) is 7.05 Å². The normalized spacial score (nSPS) is 11.5. The molecule has 0 saturated carbocycles. The van der Waals surface area contributed by atoms with E-state index < -0.39 is 5.69 Å². The van der Waals surface area contributed by atoms with E-state index in [1.807, 2.05) is 36.5 Å². The fourth-order valence-corrected chi connectivity index (χ4v) is 4.41. The van der Waals surface area contributed by atoms with Crippen molar-refractivity contribution in [1.29, 1.82) is 0 Å². The second kappa shape index (κ2) is 7.48. The smallest absolute Gasteiger partial charge is 0.279 e. The number of nitrogens with zero attached hydrogens (tertiary/aromatic N) is 5. The third-order valence-electron chi connectivity index (χ3n) is 5.94. The summed E-state index contributed by atoms with van der Waals surface area (Å²) >= 11 is 0. The molecule has 0 bridgehead atoms. The highest BCUT2D eigenvalue weighted by Gasteiger charge is 2.23. The molecule has 0 aliphatic rings. The molecule has 166 valence electrons. The van der Waals surface area contributed by atoms with Gasteiger partial charge in [0.1, 0.15) is 0 Å². The Morgan fingerprint density at radius 1 is 1.06 bits per heavy atom. The molecule has 33 heavy (non-hydrogen) atoms. The minimum absolute atomic E-state index is 0.165. The summed E-state index contributed by atoms with van der Waals surface area (Å²) in [4.78, 5) is 31.2. The Bertz CT molecular complexity index is 1680. The molecule has 0 radical (unpaired) electrons. The third-order valence-corrected chi connectivity index (χ3v) is 5.94. The Kier molecular flexibility index (Phi) is 4.70. The van der Waals surface area contributed by atoms with Gasteiger partial charge in [-0.3, -0.25) is 22.9 Å². The van der Waals surface area contributed by atoms with Gasteiger partial charge < -0.3 is 0 Å². The first-order chi connectivity index (χ1) is 15.8. The van der Waals surface area contributed by atoms with Gasteiger partial charge in [0.25, 0.3) is 5.56 Å². The summed E-state index contributed by atoms with van der Waals surface area (Å²) in [6.45, 7) is 9.96. The number of allylic oxidation sites excluding steroid dienone is 1. The lowest BCUT2D eigenvalue weighted by Gasteiger charge is -2.12. The lowest BCUT2D eigenvalue weighted by atomic mass is 10.1. The average molecular weight is 440 g/mol. The van der Waals surface area contributed by atoms with Gasteiger partial charge >= 0.3 is 5.69 Å². The minimum atomic E-state index is -0.405. The molecule has 7 heteroatoms. The zero-order valence-electron chi connectivity index (χ0n) is 19.2. The van der Waals surface area contributed by atoms with Crippen LogP contribution in [0.5, 0.6) is 0 Å². The van der Waals surface area contributed by atoms with Gasteiger partial charge in [-0.1, -0.05) is 60.2 Å². The molecule has 0 aliphatic carbocycles. The lowest BCUT2D eigenvalue weighted by Crippen LogP contribution is -2.39. The maximum atomic E-state index is 13.5. The van der Waals surface area contributed by atoms with Gasteiger partial charge in [0.05, 0.1) is 17.9 Å². The monoisotopic (exact) mass is 439 g/mol. The van der Waals surface area contributed by atoms with Crippen molar-refractivity contribution in [1.82, 2.24) is 23.1 Å². The second-order valence-corrected chi connectivity index (χ2v) is 8.65. The summed E-state index contributed by atoms with van der Waals surface area (Å²) in [6.07, 6.45) is 1.93. The summed E-state index contributed by atoms with van der Waals surface area (Å²) in [7, 11) is 1.64. The fraction of sp³-hybridized carbons (Fsp3) is 0.192. The Morgan fingerprint density at radius 2 is 1.79 bits per heavy atom. The van der Waals surface area contributed by atoms with E-state index in [-0.39, 0.29) is 12.1 Å². The van der Waals surface area contributed by atoms with Crippen molar-refractivity contribution in [2.75, 3.05) is 0 Å². The lowest BCUT2D eigenvalue weighted by molar-refractivity contribution is 0.651. The van der Waals surface area contributed by atoms with Gasteiger partial charge in [-0.15, -0.1) is 0 Å². The van der Waals surface area contributed by atoms with Crippen LogP contribution < -0.4 is 11.2 Å². The molecule has 7 nitrogen and oxygen atoms in total. The fourth-order valence-electron chi connectivity index (χ4n) is 4.41. The SMILES string of the molecule is C=C(C)Cn1c(=O)c2c(nc3n(-c4ccc(C)cc4C)c(-c4ccccc4)cn23)n(C)c1=O. The number of fused-ring (bicyclic) bond motifs is 3. The molecule has 0 atom stereocenters. The van der Waals surface area contributed by atoms with Crippen LogP contribution in [0.15, 0.2) is 76.5 Å². The van der Waals surface area contributed by atoms with Crippen LogP contribution in [0.1, 0.15) is 18.1 Å². The quantitative estimate of drug-likeness (QED) is 0.398. The van der Waals surface area contributed by atoms with Crippen LogP contribution >= 0.6 is 0 Å². The van der Waals surface area contributed by atoms with Crippen molar-refractivity contribution in [3.8, 4) is 16.9 Å². The Hall–Kier alpha value is -4.13. The first kappa shape index (κ1) is 20.8. The molecule has 0 amide bonds. The zero-order valence-corrected chi connectivity index (χ0v) is 19.2. The van der Waals surface area contributed by atoms with Gasteiger partial charge in [0.2, 0.25) is 5.78 Å². The molecule has 0 saturated heterocycles. The number of imidazole rings is 2. The zero-order chi connectivity index (χ0) is 23.4. The predicted molar refractivity (Wildman–Crippen MR) is 131 cm³/mol. The van der Waals surface area contributed by atoms with E-state index in [0.29, 0.717) is 16.9 Å². The summed E-state index contributed by atoms with van der Waals surface area (Å²) in [5, 5.41) is 0. The average Bonchev–Trinajstić information content (AvgIpc) is 3.32. The number of hydrogen-bond acceptors (Lipinski definition) is 3. The molecule has 0 N–H and O–H groups in total. The van der Waals surface area contributed by atoms with Gasteiger partial charge in [-0.2, -0.15) is 4.98 Å². The Balaban J connectivity index is 1.96. The number of aryl methyl sites for hydroxylation is 3. The van der Waals surface area contributed by atoms with Gasteiger partial charge in [0, 0.05) is 18.8 Å². The highest BCUT2D eigenvalue weighted by Crippen LogP contribution is 2.30. The number of hydrogen-bond donors (Lipinski definition) is 0. The number of benzene rings is 2. The molecule has 0 unspecified atom stereocenters. The predicted octanol–water partition coefficient (Wildman–Crippen LogP) is 4.00. The molecule has 0 fully saturated rings. The summed E-state index contributed by atoms with van der Waals surface area (Å²) in [5.41, 5.74) is 5.81. The van der Waals surface area contributed by atoms with E-state index in [4.69, 9.17) is 4.98 Å². The highest BCUT2D eigenvalue weighted by atomic mass is 16.2. The van der Waals surface area contributed by atoms with Gasteiger partial charge in [-0.05, 0) is 32.4 Å². The van der Waals surface area contributed by atoms with E-state index >= 15 is 0 Å². The van der Waals surface area contributed by atoms with Crippen LogP contribution in [0.3, 0.4) is 0 Å². The van der Waals surface area contributed by atoms with Gasteiger partial charge in [-0.25, -0.2) is 4.79 Å². The van der Waals surface area contributed by atoms with Gasteiger partial charge in [0.15, 0.2) is 11.2 Å². The van der Waals surface area contributed by atoms with Crippen LogP contribution in [-0.2, 0) is 13.6 Å². The molecular formula is C26H25N5O2. The molecule has 2 aromatic carbocycles. The largest absolute Gasteiger partial charge is 0.332 e. The van der Waals surface area contributed by atoms with Crippen molar-refractivity contribution >= 4 is 16.9 Å². The first-order valence-electron chi connectivity index (χ1n) is 10.8. The Morgan fingerprint density at radius 3 is 2.45 bits per heavy atom. The molecule has 0 spiro atoms. The van der Waals surface area contributed by atoms with E-state index in [9.17, 15) is 9.59 Å². The summed E-state index contributed by atoms with van der Waals surface area (Å²) in [6, 6.07) is 16.3. The minimum Gasteiger partial charge on any atom is -0.279 e. The summed E-state index contributed by atoms with van der Waals surface area (Å²) < 4.78 is 6.50. The van der Waals surface area contributed by atoms with E-state index in [1.165, 1.54) is 14.7 Å². The topological polar surface area (TPSA) is 66.2 Å². The van der Waals surface area contributed by atoms with Crippen LogP contribution in [-0.4, -0.2) is 23.1 Å². The number of rotatable bonds is 4. The molecule has 5 aromatic rings. The molecule has 0 aliphatic heterocycles. The number of aromatic nitrogens is 5. The Labute approximate surface area is 190 Å². The summed E-state index contributed by atoms with van der Waals surface area (Å²) in [5.74, 6) is 0.580. The van der Waals surface area contributed by atoms with Crippen LogP contribution in [0, 0.1) is 13.8 Å². The van der Waals surface area contributed by atoms with Crippen molar-refractivity contribution in [3.63, 3.8) is 0 Å². The third kappa shape index (κ3) is 3.16. The van der Waals surface area contributed by atoms with Crippen molar-refractivity contribution in [2.45, 2.75) is 27.3 Å².